The van der Waals surface area contributed by atoms with Gasteiger partial charge in [-0.25, -0.2) is 0 Å². The second-order valence-electron chi connectivity index (χ2n) is 5.36. The highest BCUT2D eigenvalue weighted by atomic mass is 16.5. The smallest absolute Gasteiger partial charge is 0.261 e. The third-order valence-corrected chi connectivity index (χ3v) is 3.81. The highest BCUT2D eigenvalue weighted by molar-refractivity contribution is 6.13. The van der Waals surface area contributed by atoms with Crippen molar-refractivity contribution in [3.63, 3.8) is 0 Å². The van der Waals surface area contributed by atoms with Gasteiger partial charge < -0.3 is 35.7 Å². The van der Waals surface area contributed by atoms with E-state index in [1.807, 2.05) is 0 Å². The van der Waals surface area contributed by atoms with Crippen LogP contribution in [0.25, 0.3) is 0 Å². The molecule has 5 N–H and O–H groups in total. The second-order valence-corrected chi connectivity index (χ2v) is 5.36. The molecule has 0 aliphatic carbocycles. The van der Waals surface area contributed by atoms with E-state index in [0.29, 0.717) is 11.5 Å². The van der Waals surface area contributed by atoms with Gasteiger partial charge >= 0.3 is 0 Å². The molecule has 0 unspecified atom stereocenters. The van der Waals surface area contributed by atoms with Crippen LogP contribution in [-0.4, -0.2) is 40.3 Å². The van der Waals surface area contributed by atoms with Crippen LogP contribution in [0.1, 0.15) is 20.7 Å². The average Bonchev–Trinajstić information content (AvgIpc) is 2.65. The fraction of sp³-hybridized carbons (Fsp3) is 0.222. The van der Waals surface area contributed by atoms with Crippen LogP contribution in [0.15, 0.2) is 24.3 Å². The molecule has 144 valence electrons. The lowest BCUT2D eigenvalue weighted by molar-refractivity contribution is 0.0998. The van der Waals surface area contributed by atoms with E-state index >= 15 is 0 Å². The van der Waals surface area contributed by atoms with Crippen LogP contribution in [0.3, 0.4) is 0 Å². The largest absolute Gasteiger partial charge is 0.497 e. The number of hydrogen-bond donors (Lipinski definition) is 3. The van der Waals surface area contributed by atoms with Gasteiger partial charge in [0.05, 0.1) is 39.8 Å². The van der Waals surface area contributed by atoms with Gasteiger partial charge in [0, 0.05) is 24.3 Å². The molecule has 0 spiro atoms. The molecular formula is C18H21N3O6. The Hall–Kier alpha value is -3.62. The maximum Gasteiger partial charge on any atom is 0.261 e. The van der Waals surface area contributed by atoms with Crippen molar-refractivity contribution in [1.29, 1.82) is 0 Å². The molecule has 0 radical (unpaired) electrons. The van der Waals surface area contributed by atoms with Crippen LogP contribution < -0.4 is 35.7 Å². The minimum absolute atomic E-state index is 0.00213. The number of hydrogen-bond acceptors (Lipinski definition) is 7. The Morgan fingerprint density at radius 2 is 1.33 bits per heavy atom. The van der Waals surface area contributed by atoms with E-state index in [9.17, 15) is 9.59 Å². The van der Waals surface area contributed by atoms with Gasteiger partial charge in [-0.05, 0) is 0 Å². The minimum Gasteiger partial charge on any atom is -0.497 e. The Morgan fingerprint density at radius 3 is 1.81 bits per heavy atom. The number of nitrogens with one attached hydrogen (secondary N) is 1. The van der Waals surface area contributed by atoms with Crippen LogP contribution in [-0.2, 0) is 0 Å². The summed E-state index contributed by atoms with van der Waals surface area (Å²) in [5.41, 5.74) is 11.7. The Kier molecular flexibility index (Phi) is 5.96. The van der Waals surface area contributed by atoms with Crippen molar-refractivity contribution in [3.05, 3.63) is 35.4 Å². The first-order valence-corrected chi connectivity index (χ1v) is 7.74. The van der Waals surface area contributed by atoms with Crippen LogP contribution in [0.4, 0.5) is 11.4 Å². The molecule has 27 heavy (non-hydrogen) atoms. The zero-order valence-corrected chi connectivity index (χ0v) is 15.4. The quantitative estimate of drug-likeness (QED) is 0.626. The van der Waals surface area contributed by atoms with Gasteiger partial charge in [0.15, 0.2) is 0 Å². The summed E-state index contributed by atoms with van der Waals surface area (Å²) in [5, 5.41) is 2.61. The van der Waals surface area contributed by atoms with E-state index in [4.69, 9.17) is 30.4 Å². The highest BCUT2D eigenvalue weighted by Gasteiger charge is 2.23. The first kappa shape index (κ1) is 19.7. The third-order valence-electron chi connectivity index (χ3n) is 3.81. The molecule has 9 nitrogen and oxygen atoms in total. The second kappa shape index (κ2) is 8.17. The van der Waals surface area contributed by atoms with E-state index < -0.39 is 11.8 Å². The molecule has 2 aromatic carbocycles. The van der Waals surface area contributed by atoms with E-state index in [0.717, 1.165) is 0 Å². The monoisotopic (exact) mass is 375 g/mol. The van der Waals surface area contributed by atoms with E-state index in [2.05, 4.69) is 5.32 Å². The number of carbonyl (C=O) groups is 2. The fourth-order valence-corrected chi connectivity index (χ4v) is 2.54. The third kappa shape index (κ3) is 3.97. The molecule has 0 saturated heterocycles. The zero-order valence-electron chi connectivity index (χ0n) is 15.4. The van der Waals surface area contributed by atoms with E-state index in [1.165, 1.54) is 52.7 Å². The van der Waals surface area contributed by atoms with Crippen LogP contribution in [0.5, 0.6) is 23.0 Å². The summed E-state index contributed by atoms with van der Waals surface area (Å²) in [7, 11) is 5.68. The number of amides is 2. The Morgan fingerprint density at radius 1 is 0.815 bits per heavy atom. The summed E-state index contributed by atoms with van der Waals surface area (Å²) in [6, 6.07) is 5.94. The number of ether oxygens (including phenoxy) is 4. The molecule has 0 saturated carbocycles. The number of rotatable bonds is 7. The summed E-state index contributed by atoms with van der Waals surface area (Å²) in [6.07, 6.45) is 0. The Labute approximate surface area is 156 Å². The van der Waals surface area contributed by atoms with Crippen LogP contribution >= 0.6 is 0 Å². The zero-order chi connectivity index (χ0) is 20.1. The summed E-state index contributed by atoms with van der Waals surface area (Å²) < 4.78 is 20.7. The number of nitrogens with two attached hydrogens (primary N) is 2. The summed E-state index contributed by atoms with van der Waals surface area (Å²) in [4.78, 5) is 24.7. The summed E-state index contributed by atoms with van der Waals surface area (Å²) in [6.45, 7) is 0. The average molecular weight is 375 g/mol. The van der Waals surface area contributed by atoms with Gasteiger partial charge in [-0.3, -0.25) is 9.59 Å². The Bertz CT molecular complexity index is 882. The van der Waals surface area contributed by atoms with Crippen molar-refractivity contribution in [2.45, 2.75) is 0 Å². The Balaban J connectivity index is 2.54. The molecule has 0 aromatic heterocycles. The maximum absolute atomic E-state index is 12.8. The molecular weight excluding hydrogens is 354 g/mol. The molecule has 0 fully saturated rings. The van der Waals surface area contributed by atoms with Gasteiger partial charge in [-0.1, -0.05) is 0 Å². The SMILES string of the molecule is COc1cc(N)c(C(=O)Nc2cc(OC)cc(OC)c2C(N)=O)c(OC)c1. The molecule has 9 heteroatoms. The lowest BCUT2D eigenvalue weighted by Gasteiger charge is -2.17. The normalized spacial score (nSPS) is 10.1. The molecule has 2 rings (SSSR count). The lowest BCUT2D eigenvalue weighted by Crippen LogP contribution is -2.20. The van der Waals surface area contributed by atoms with Gasteiger partial charge in [0.2, 0.25) is 0 Å². The first-order valence-electron chi connectivity index (χ1n) is 7.74. The van der Waals surface area contributed by atoms with Gasteiger partial charge in [0.1, 0.15) is 34.1 Å². The topological polar surface area (TPSA) is 135 Å². The molecule has 0 bridgehead atoms. The number of nitrogen functional groups attached to an aromatic ring is 1. The number of benzene rings is 2. The van der Waals surface area contributed by atoms with Gasteiger partial charge in [-0.15, -0.1) is 0 Å². The molecule has 0 heterocycles. The number of anilines is 2. The molecule has 2 amide bonds. The summed E-state index contributed by atoms with van der Waals surface area (Å²) >= 11 is 0. The van der Waals surface area contributed by atoms with Crippen molar-refractivity contribution in [3.8, 4) is 23.0 Å². The van der Waals surface area contributed by atoms with Crippen LogP contribution in [0.2, 0.25) is 0 Å². The standard InChI is InChI=1S/C18H21N3O6/c1-24-9-5-11(19)15(13(7-9)26-3)18(23)21-12-6-10(25-2)8-14(27-4)16(12)17(20)22/h5-8H,19H2,1-4H3,(H2,20,22)(H,21,23). The van der Waals surface area contributed by atoms with Crippen LogP contribution in [0, 0.1) is 0 Å². The predicted octanol–water partition coefficient (Wildman–Crippen LogP) is 1.65. The molecule has 0 atom stereocenters. The predicted molar refractivity (Wildman–Crippen MR) is 100.0 cm³/mol. The van der Waals surface area contributed by atoms with E-state index in [-0.39, 0.29) is 34.0 Å². The summed E-state index contributed by atoms with van der Waals surface area (Å²) in [5.74, 6) is -0.223. The van der Waals surface area contributed by atoms with E-state index in [1.54, 1.807) is 0 Å². The highest BCUT2D eigenvalue weighted by Crippen LogP contribution is 2.35. The van der Waals surface area contributed by atoms with Crippen molar-refractivity contribution in [2.75, 3.05) is 39.5 Å². The van der Waals surface area contributed by atoms with Crippen molar-refractivity contribution in [2.24, 2.45) is 5.73 Å². The molecule has 0 aliphatic rings. The molecule has 2 aromatic rings. The van der Waals surface area contributed by atoms with Crippen molar-refractivity contribution < 1.29 is 28.5 Å². The van der Waals surface area contributed by atoms with Gasteiger partial charge in [-0.2, -0.15) is 0 Å². The molecule has 0 aliphatic heterocycles. The maximum atomic E-state index is 12.8. The van der Waals surface area contributed by atoms with Gasteiger partial charge in [0.25, 0.3) is 11.8 Å². The lowest BCUT2D eigenvalue weighted by atomic mass is 10.1. The first-order chi connectivity index (χ1) is 12.9. The minimum atomic E-state index is -0.778. The fourth-order valence-electron chi connectivity index (χ4n) is 2.54. The number of methoxy groups -OCH3 is 4. The number of primary amides is 1. The van der Waals surface area contributed by atoms with Crippen molar-refractivity contribution in [1.82, 2.24) is 0 Å². The number of carbonyl (C=O) groups excluding carboxylic acids is 2. The van der Waals surface area contributed by atoms with Crippen molar-refractivity contribution >= 4 is 23.2 Å².